The van der Waals surface area contributed by atoms with E-state index in [9.17, 15) is 9.59 Å². The predicted octanol–water partition coefficient (Wildman–Crippen LogP) is 5.47. The van der Waals surface area contributed by atoms with Crippen LogP contribution in [0.1, 0.15) is 32.3 Å². The molecule has 0 bridgehead atoms. The van der Waals surface area contributed by atoms with E-state index in [0.717, 1.165) is 16.5 Å². The molecule has 0 radical (unpaired) electrons. The Kier molecular flexibility index (Phi) is 9.95. The maximum absolute atomic E-state index is 13.1. The number of amides is 2. The van der Waals surface area contributed by atoms with Gasteiger partial charge >= 0.3 is 0 Å². The van der Waals surface area contributed by atoms with Gasteiger partial charge in [0.05, 0.1) is 5.02 Å². The van der Waals surface area contributed by atoms with E-state index in [1.165, 1.54) is 4.90 Å². The molecule has 162 valence electrons. The molecule has 0 aliphatic heterocycles. The summed E-state index contributed by atoms with van der Waals surface area (Å²) in [7, 11) is 0. The van der Waals surface area contributed by atoms with Crippen LogP contribution in [0, 0.1) is 0 Å². The number of carbonyl (C=O) groups excluding carboxylic acids is 2. The Morgan fingerprint density at radius 1 is 1.13 bits per heavy atom. The number of hydrogen-bond donors (Lipinski definition) is 1. The number of halogens is 3. The standard InChI is InChI=1S/C22H25BrCl2N2O3/c1-3-11-26-22(29)19(4-2)27(13-15-7-5-6-8-17(15)24)21(28)14-30-20-10-9-16(23)12-18(20)25/h5-10,12,19H,3-4,11,13-14H2,1-2H3,(H,26,29). The third kappa shape index (κ3) is 6.89. The van der Waals surface area contributed by atoms with Crippen molar-refractivity contribution in [3.05, 3.63) is 62.5 Å². The molecule has 0 aromatic heterocycles. The Hall–Kier alpha value is -1.76. The van der Waals surface area contributed by atoms with Crippen LogP contribution in [0.4, 0.5) is 0 Å². The average molecular weight is 516 g/mol. The fraction of sp³-hybridized carbons (Fsp3) is 0.364. The summed E-state index contributed by atoms with van der Waals surface area (Å²) in [5.74, 6) is -0.122. The van der Waals surface area contributed by atoms with Crippen molar-refractivity contribution in [3.63, 3.8) is 0 Å². The van der Waals surface area contributed by atoms with Crippen LogP contribution < -0.4 is 10.1 Å². The normalized spacial score (nSPS) is 11.6. The van der Waals surface area contributed by atoms with Gasteiger partial charge in [-0.05, 0) is 42.7 Å². The molecule has 8 heteroatoms. The zero-order valence-electron chi connectivity index (χ0n) is 17.0. The van der Waals surface area contributed by atoms with E-state index in [0.29, 0.717) is 28.8 Å². The second-order valence-corrected chi connectivity index (χ2v) is 8.42. The number of ether oxygens (including phenoxy) is 1. The molecule has 2 aromatic carbocycles. The fourth-order valence-electron chi connectivity index (χ4n) is 2.91. The summed E-state index contributed by atoms with van der Waals surface area (Å²) in [6.45, 7) is 4.35. The molecule has 0 saturated carbocycles. The minimum atomic E-state index is -0.635. The van der Waals surface area contributed by atoms with E-state index in [-0.39, 0.29) is 25.0 Å². The van der Waals surface area contributed by atoms with E-state index in [1.54, 1.807) is 24.3 Å². The number of hydrogen-bond acceptors (Lipinski definition) is 3. The van der Waals surface area contributed by atoms with Gasteiger partial charge in [0.2, 0.25) is 5.91 Å². The van der Waals surface area contributed by atoms with Gasteiger partial charge in [0.1, 0.15) is 11.8 Å². The Bertz CT molecular complexity index is 879. The van der Waals surface area contributed by atoms with Crippen LogP contribution in [0.15, 0.2) is 46.9 Å². The lowest BCUT2D eigenvalue weighted by Gasteiger charge is -2.30. The van der Waals surface area contributed by atoms with Crippen LogP contribution >= 0.6 is 39.1 Å². The van der Waals surface area contributed by atoms with Gasteiger partial charge in [0, 0.05) is 22.6 Å². The Labute approximate surface area is 195 Å². The summed E-state index contributed by atoms with van der Waals surface area (Å²) in [6, 6.07) is 11.8. The zero-order chi connectivity index (χ0) is 22.1. The second kappa shape index (κ2) is 12.2. The van der Waals surface area contributed by atoms with E-state index < -0.39 is 6.04 Å². The molecule has 0 fully saturated rings. The quantitative estimate of drug-likeness (QED) is 0.456. The molecule has 1 N–H and O–H groups in total. The van der Waals surface area contributed by atoms with E-state index in [4.69, 9.17) is 27.9 Å². The van der Waals surface area contributed by atoms with Gasteiger partial charge in [-0.25, -0.2) is 0 Å². The molecule has 5 nitrogen and oxygen atoms in total. The van der Waals surface area contributed by atoms with Crippen LogP contribution in [0.3, 0.4) is 0 Å². The first-order valence-electron chi connectivity index (χ1n) is 9.75. The third-order valence-corrected chi connectivity index (χ3v) is 5.64. The minimum Gasteiger partial charge on any atom is -0.482 e. The van der Waals surface area contributed by atoms with Gasteiger partial charge in [-0.15, -0.1) is 0 Å². The SMILES string of the molecule is CCCNC(=O)C(CC)N(Cc1ccccc1Cl)C(=O)COc1ccc(Br)cc1Cl. The fourth-order valence-corrected chi connectivity index (χ4v) is 3.83. The van der Waals surface area contributed by atoms with Crippen molar-refractivity contribution in [2.24, 2.45) is 0 Å². The van der Waals surface area contributed by atoms with Crippen molar-refractivity contribution in [2.45, 2.75) is 39.3 Å². The molecular weight excluding hydrogens is 491 g/mol. The van der Waals surface area contributed by atoms with Crippen LogP contribution in [0.5, 0.6) is 5.75 Å². The maximum Gasteiger partial charge on any atom is 0.261 e. The Morgan fingerprint density at radius 2 is 1.87 bits per heavy atom. The van der Waals surface area contributed by atoms with Crippen molar-refractivity contribution >= 4 is 50.9 Å². The highest BCUT2D eigenvalue weighted by Crippen LogP contribution is 2.28. The first-order chi connectivity index (χ1) is 14.4. The lowest BCUT2D eigenvalue weighted by molar-refractivity contribution is -0.143. The van der Waals surface area contributed by atoms with Crippen LogP contribution in [-0.4, -0.2) is 35.9 Å². The van der Waals surface area contributed by atoms with Gasteiger partial charge in [-0.1, -0.05) is 71.2 Å². The van der Waals surface area contributed by atoms with Crippen molar-refractivity contribution in [1.82, 2.24) is 10.2 Å². The summed E-state index contributed by atoms with van der Waals surface area (Å²) >= 11 is 15.8. The Morgan fingerprint density at radius 3 is 2.50 bits per heavy atom. The van der Waals surface area contributed by atoms with Gasteiger partial charge in [0.25, 0.3) is 5.91 Å². The van der Waals surface area contributed by atoms with E-state index >= 15 is 0 Å². The van der Waals surface area contributed by atoms with Crippen LogP contribution in [-0.2, 0) is 16.1 Å². The first-order valence-corrected chi connectivity index (χ1v) is 11.3. The molecule has 0 spiro atoms. The molecule has 0 heterocycles. The first kappa shape index (κ1) is 24.5. The topological polar surface area (TPSA) is 58.6 Å². The maximum atomic E-state index is 13.1. The summed E-state index contributed by atoms with van der Waals surface area (Å²) in [5, 5.41) is 3.80. The Balaban J connectivity index is 2.22. The van der Waals surface area contributed by atoms with Crippen LogP contribution in [0.25, 0.3) is 0 Å². The lowest BCUT2D eigenvalue weighted by atomic mass is 10.1. The molecule has 30 heavy (non-hydrogen) atoms. The molecule has 1 atom stereocenters. The van der Waals surface area contributed by atoms with Crippen molar-refractivity contribution in [2.75, 3.05) is 13.2 Å². The summed E-state index contributed by atoms with van der Waals surface area (Å²) < 4.78 is 6.46. The van der Waals surface area contributed by atoms with E-state index in [1.807, 2.05) is 32.0 Å². The van der Waals surface area contributed by atoms with Gasteiger partial charge in [-0.2, -0.15) is 0 Å². The molecule has 0 saturated heterocycles. The number of rotatable bonds is 10. The average Bonchev–Trinajstić information content (AvgIpc) is 2.72. The molecule has 1 unspecified atom stereocenters. The summed E-state index contributed by atoms with van der Waals surface area (Å²) in [4.78, 5) is 27.3. The highest BCUT2D eigenvalue weighted by atomic mass is 79.9. The lowest BCUT2D eigenvalue weighted by Crippen LogP contribution is -2.50. The number of benzene rings is 2. The number of carbonyl (C=O) groups is 2. The molecule has 2 aromatic rings. The minimum absolute atomic E-state index is 0.193. The largest absolute Gasteiger partial charge is 0.482 e. The van der Waals surface area contributed by atoms with Gasteiger partial charge < -0.3 is 15.0 Å². The monoisotopic (exact) mass is 514 g/mol. The van der Waals surface area contributed by atoms with Gasteiger partial charge in [0.15, 0.2) is 6.61 Å². The number of nitrogens with zero attached hydrogens (tertiary/aromatic N) is 1. The van der Waals surface area contributed by atoms with Gasteiger partial charge in [-0.3, -0.25) is 9.59 Å². The molecule has 2 rings (SSSR count). The molecular formula is C22H25BrCl2N2O3. The zero-order valence-corrected chi connectivity index (χ0v) is 20.1. The van der Waals surface area contributed by atoms with Crippen molar-refractivity contribution in [3.8, 4) is 5.75 Å². The molecule has 0 aliphatic rings. The smallest absolute Gasteiger partial charge is 0.261 e. The van der Waals surface area contributed by atoms with Crippen molar-refractivity contribution < 1.29 is 14.3 Å². The number of nitrogens with one attached hydrogen (secondary N) is 1. The molecule has 2 amide bonds. The summed E-state index contributed by atoms with van der Waals surface area (Å²) in [5.41, 5.74) is 0.760. The highest BCUT2D eigenvalue weighted by molar-refractivity contribution is 9.10. The van der Waals surface area contributed by atoms with Crippen molar-refractivity contribution in [1.29, 1.82) is 0 Å². The molecule has 0 aliphatic carbocycles. The predicted molar refractivity (Wildman–Crippen MR) is 124 cm³/mol. The summed E-state index contributed by atoms with van der Waals surface area (Å²) in [6.07, 6.45) is 1.27. The highest BCUT2D eigenvalue weighted by Gasteiger charge is 2.29. The van der Waals surface area contributed by atoms with Crippen LogP contribution in [0.2, 0.25) is 10.0 Å². The third-order valence-electron chi connectivity index (χ3n) is 4.48. The second-order valence-electron chi connectivity index (χ2n) is 6.69. The van der Waals surface area contributed by atoms with E-state index in [2.05, 4.69) is 21.2 Å².